The quantitative estimate of drug-likeness (QED) is 0.727. The lowest BCUT2D eigenvalue weighted by Gasteiger charge is -2.23. The fraction of sp³-hybridized carbons (Fsp3) is 0.400. The van der Waals surface area contributed by atoms with Crippen LogP contribution >= 0.6 is 11.6 Å². The van der Waals surface area contributed by atoms with E-state index in [-0.39, 0.29) is 6.61 Å². The molecule has 0 amide bonds. The van der Waals surface area contributed by atoms with Gasteiger partial charge in [0.05, 0.1) is 6.61 Å². The first-order valence-electron chi connectivity index (χ1n) is 4.84. The van der Waals surface area contributed by atoms with Gasteiger partial charge in [-0.15, -0.1) is 0 Å². The van der Waals surface area contributed by atoms with Crippen LogP contribution in [0.3, 0.4) is 0 Å². The molecule has 1 rings (SSSR count). The van der Waals surface area contributed by atoms with Crippen molar-refractivity contribution in [1.82, 2.24) is 0 Å². The summed E-state index contributed by atoms with van der Waals surface area (Å²) in [5.74, 6) is 0.712. The Labute approximate surface area is 111 Å². The van der Waals surface area contributed by atoms with Gasteiger partial charge in [0.15, 0.2) is 0 Å². The molecule has 4 N–H and O–H groups in total. The van der Waals surface area contributed by atoms with Crippen LogP contribution in [0.5, 0.6) is 5.75 Å². The summed E-state index contributed by atoms with van der Waals surface area (Å²) in [4.78, 5) is 0. The second kappa shape index (κ2) is 6.91. The SMILES string of the molecule is CC(C)(CO)Oc1ccc(Cl)cc1.NS(=O)(=O)O. The van der Waals surface area contributed by atoms with Gasteiger partial charge in [-0.2, -0.15) is 8.42 Å². The molecule has 0 aromatic heterocycles. The molecular formula is C10H16ClNO5S. The van der Waals surface area contributed by atoms with Gasteiger partial charge in [0.25, 0.3) is 0 Å². The highest BCUT2D eigenvalue weighted by Crippen LogP contribution is 2.20. The zero-order valence-corrected chi connectivity index (χ0v) is 11.6. The van der Waals surface area contributed by atoms with Crippen LogP contribution in [-0.2, 0) is 10.3 Å². The van der Waals surface area contributed by atoms with Gasteiger partial charge >= 0.3 is 10.3 Å². The number of hydrogen-bond acceptors (Lipinski definition) is 4. The van der Waals surface area contributed by atoms with Gasteiger partial charge < -0.3 is 9.84 Å². The van der Waals surface area contributed by atoms with Gasteiger partial charge in [0.2, 0.25) is 0 Å². The van der Waals surface area contributed by atoms with E-state index in [1.54, 1.807) is 24.3 Å². The summed E-state index contributed by atoms with van der Waals surface area (Å²) in [6.45, 7) is 3.62. The fourth-order valence-electron chi connectivity index (χ4n) is 0.854. The van der Waals surface area contributed by atoms with Crippen LogP contribution < -0.4 is 9.88 Å². The summed E-state index contributed by atoms with van der Waals surface area (Å²) in [6, 6.07) is 7.06. The third kappa shape index (κ3) is 10.3. The number of aliphatic hydroxyl groups is 1. The molecule has 104 valence electrons. The van der Waals surface area contributed by atoms with Crippen molar-refractivity contribution in [2.24, 2.45) is 5.14 Å². The molecule has 0 saturated heterocycles. The number of aliphatic hydroxyl groups excluding tert-OH is 1. The van der Waals surface area contributed by atoms with Crippen LogP contribution in [0.2, 0.25) is 5.02 Å². The first kappa shape index (κ1) is 17.1. The maximum absolute atomic E-state index is 8.97. The third-order valence-electron chi connectivity index (χ3n) is 1.59. The lowest BCUT2D eigenvalue weighted by atomic mass is 10.1. The zero-order chi connectivity index (χ0) is 14.4. The summed E-state index contributed by atoms with van der Waals surface area (Å²) >= 11 is 5.71. The highest BCUT2D eigenvalue weighted by molar-refractivity contribution is 7.83. The number of nitrogens with two attached hydrogens (primary N) is 1. The zero-order valence-electron chi connectivity index (χ0n) is 10.00. The standard InChI is InChI=1S/C10H13ClO2.H3NO3S/c1-10(2,7-12)13-9-5-3-8(11)4-6-9;1-5(2,3)4/h3-6,12H,7H2,1-2H3;(H3,1,2,3,4). The van der Waals surface area contributed by atoms with Crippen molar-refractivity contribution in [3.63, 3.8) is 0 Å². The summed E-state index contributed by atoms with van der Waals surface area (Å²) in [5.41, 5.74) is -0.548. The van der Waals surface area contributed by atoms with Gasteiger partial charge in [-0.25, -0.2) is 5.14 Å². The summed E-state index contributed by atoms with van der Waals surface area (Å²) in [6.07, 6.45) is 0. The Morgan fingerprint density at radius 3 is 2.06 bits per heavy atom. The predicted molar refractivity (Wildman–Crippen MR) is 69.0 cm³/mol. The Bertz CT molecular complexity index is 450. The number of rotatable bonds is 3. The Balaban J connectivity index is 0.000000494. The maximum Gasteiger partial charge on any atom is 0.330 e. The van der Waals surface area contributed by atoms with Crippen molar-refractivity contribution in [1.29, 1.82) is 0 Å². The van der Waals surface area contributed by atoms with Gasteiger partial charge in [0, 0.05) is 5.02 Å². The van der Waals surface area contributed by atoms with Crippen LogP contribution in [0.4, 0.5) is 0 Å². The highest BCUT2D eigenvalue weighted by Gasteiger charge is 2.17. The maximum atomic E-state index is 8.97. The Morgan fingerprint density at radius 2 is 1.72 bits per heavy atom. The lowest BCUT2D eigenvalue weighted by Crippen LogP contribution is -2.32. The van der Waals surface area contributed by atoms with Crippen LogP contribution in [0.25, 0.3) is 0 Å². The fourth-order valence-corrected chi connectivity index (χ4v) is 0.980. The number of ether oxygens (including phenoxy) is 1. The van der Waals surface area contributed by atoms with Crippen LogP contribution in [-0.4, -0.2) is 30.3 Å². The van der Waals surface area contributed by atoms with Crippen molar-refractivity contribution in [3.8, 4) is 5.75 Å². The Hall–Kier alpha value is -0.860. The summed E-state index contributed by atoms with van der Waals surface area (Å²) in [5, 5.41) is 13.5. The van der Waals surface area contributed by atoms with Crippen molar-refractivity contribution < 1.29 is 22.8 Å². The number of hydrogen-bond donors (Lipinski definition) is 3. The van der Waals surface area contributed by atoms with E-state index in [2.05, 4.69) is 5.14 Å². The molecule has 0 fully saturated rings. The van der Waals surface area contributed by atoms with E-state index in [0.717, 1.165) is 0 Å². The molecule has 0 aliphatic heterocycles. The molecule has 1 aromatic carbocycles. The normalized spacial score (nSPS) is 11.4. The molecule has 0 radical (unpaired) electrons. The van der Waals surface area contributed by atoms with E-state index in [1.807, 2.05) is 13.8 Å². The third-order valence-corrected chi connectivity index (χ3v) is 1.84. The topological polar surface area (TPSA) is 110 Å². The summed E-state index contributed by atoms with van der Waals surface area (Å²) in [7, 11) is -4.17. The molecule has 1 aromatic rings. The molecule has 0 aliphatic carbocycles. The van der Waals surface area contributed by atoms with E-state index in [4.69, 9.17) is 34.4 Å². The first-order valence-corrected chi connectivity index (χ1v) is 6.72. The second-order valence-corrected chi connectivity index (χ2v) is 5.46. The molecule has 0 bridgehead atoms. The van der Waals surface area contributed by atoms with Gasteiger partial charge in [0.1, 0.15) is 11.4 Å². The Morgan fingerprint density at radius 1 is 1.33 bits per heavy atom. The van der Waals surface area contributed by atoms with Crippen molar-refractivity contribution in [2.45, 2.75) is 19.4 Å². The van der Waals surface area contributed by atoms with E-state index < -0.39 is 15.9 Å². The van der Waals surface area contributed by atoms with Crippen LogP contribution in [0.1, 0.15) is 13.8 Å². The summed E-state index contributed by atoms with van der Waals surface area (Å²) < 4.78 is 30.7. The highest BCUT2D eigenvalue weighted by atomic mass is 35.5. The minimum Gasteiger partial charge on any atom is -0.485 e. The second-order valence-electron chi connectivity index (χ2n) is 3.99. The molecule has 0 unspecified atom stereocenters. The van der Waals surface area contributed by atoms with Crippen molar-refractivity contribution in [3.05, 3.63) is 29.3 Å². The smallest absolute Gasteiger partial charge is 0.330 e. The van der Waals surface area contributed by atoms with Gasteiger partial charge in [-0.1, -0.05) is 11.6 Å². The average Bonchev–Trinajstić information content (AvgIpc) is 2.19. The van der Waals surface area contributed by atoms with Crippen molar-refractivity contribution >= 4 is 21.9 Å². The molecule has 0 atom stereocenters. The molecule has 0 spiro atoms. The molecule has 0 aliphatic rings. The first-order chi connectivity index (χ1) is 8.03. The van der Waals surface area contributed by atoms with Crippen LogP contribution in [0.15, 0.2) is 24.3 Å². The van der Waals surface area contributed by atoms with Crippen LogP contribution in [0, 0.1) is 0 Å². The monoisotopic (exact) mass is 297 g/mol. The minimum absolute atomic E-state index is 0.0182. The van der Waals surface area contributed by atoms with Gasteiger partial charge in [-0.3, -0.25) is 4.55 Å². The van der Waals surface area contributed by atoms with E-state index in [1.165, 1.54) is 0 Å². The Kier molecular flexibility index (Phi) is 6.58. The minimum atomic E-state index is -4.17. The van der Waals surface area contributed by atoms with Gasteiger partial charge in [-0.05, 0) is 38.1 Å². The molecule has 0 saturated carbocycles. The number of halogens is 1. The van der Waals surface area contributed by atoms with E-state index in [9.17, 15) is 0 Å². The van der Waals surface area contributed by atoms with E-state index >= 15 is 0 Å². The number of benzene rings is 1. The predicted octanol–water partition coefficient (Wildman–Crippen LogP) is 1.24. The van der Waals surface area contributed by atoms with Crippen molar-refractivity contribution in [2.75, 3.05) is 6.61 Å². The molecule has 8 heteroatoms. The average molecular weight is 298 g/mol. The molecule has 6 nitrogen and oxygen atoms in total. The molecular weight excluding hydrogens is 282 g/mol. The molecule has 0 heterocycles. The lowest BCUT2D eigenvalue weighted by molar-refractivity contribution is 0.0412. The molecule has 18 heavy (non-hydrogen) atoms. The largest absolute Gasteiger partial charge is 0.485 e. The van der Waals surface area contributed by atoms with E-state index in [0.29, 0.717) is 10.8 Å².